The highest BCUT2D eigenvalue weighted by Crippen LogP contribution is 2.29. The Morgan fingerprint density at radius 1 is 1.33 bits per heavy atom. The average Bonchev–Trinajstić information content (AvgIpc) is 3.22. The lowest BCUT2D eigenvalue weighted by molar-refractivity contribution is -0.0281. The summed E-state index contributed by atoms with van der Waals surface area (Å²) in [5.41, 5.74) is 0. The Morgan fingerprint density at radius 2 is 2.05 bits per heavy atom. The van der Waals surface area contributed by atoms with Gasteiger partial charge in [-0.05, 0) is 38.6 Å². The van der Waals surface area contributed by atoms with Gasteiger partial charge in [0.15, 0.2) is 0 Å². The van der Waals surface area contributed by atoms with E-state index in [1.54, 1.807) is 0 Å². The summed E-state index contributed by atoms with van der Waals surface area (Å²) < 4.78 is 5.82. The lowest BCUT2D eigenvalue weighted by atomic mass is 10.1. The first-order valence-electron chi connectivity index (χ1n) is 8.31. The van der Waals surface area contributed by atoms with E-state index in [1.807, 2.05) is 4.90 Å². The van der Waals surface area contributed by atoms with Gasteiger partial charge in [0.05, 0.1) is 12.7 Å². The Labute approximate surface area is 129 Å². The van der Waals surface area contributed by atoms with Crippen molar-refractivity contribution in [3.8, 4) is 0 Å². The number of likely N-dealkylation sites (N-methyl/N-ethyl adjacent to an activating group) is 1. The van der Waals surface area contributed by atoms with Gasteiger partial charge >= 0.3 is 6.03 Å². The van der Waals surface area contributed by atoms with Gasteiger partial charge in [0.25, 0.3) is 0 Å². The number of rotatable bonds is 6. The van der Waals surface area contributed by atoms with Crippen LogP contribution in [0.4, 0.5) is 4.79 Å². The molecule has 0 spiro atoms. The highest BCUT2D eigenvalue weighted by Gasteiger charge is 2.28. The summed E-state index contributed by atoms with van der Waals surface area (Å²) in [6, 6.07) is 0.255. The quantitative estimate of drug-likeness (QED) is 0.813. The normalized spacial score (nSPS) is 24.5. The second kappa shape index (κ2) is 7.45. The van der Waals surface area contributed by atoms with Crippen LogP contribution in [0.2, 0.25) is 0 Å². The maximum Gasteiger partial charge on any atom is 0.317 e. The van der Waals surface area contributed by atoms with E-state index in [2.05, 4.69) is 38.0 Å². The molecule has 2 aliphatic rings. The molecule has 1 N–H and O–H groups in total. The molecule has 0 aromatic rings. The number of morpholine rings is 1. The van der Waals surface area contributed by atoms with Gasteiger partial charge in [0.2, 0.25) is 0 Å². The van der Waals surface area contributed by atoms with E-state index in [0.717, 1.165) is 19.0 Å². The van der Waals surface area contributed by atoms with E-state index in [1.165, 1.54) is 12.8 Å². The van der Waals surface area contributed by atoms with E-state index < -0.39 is 0 Å². The summed E-state index contributed by atoms with van der Waals surface area (Å²) in [6.45, 7) is 10.4. The van der Waals surface area contributed by atoms with Crippen molar-refractivity contribution in [3.63, 3.8) is 0 Å². The van der Waals surface area contributed by atoms with E-state index in [9.17, 15) is 4.79 Å². The minimum atomic E-state index is 0.0503. The zero-order chi connectivity index (χ0) is 15.4. The molecular weight excluding hydrogens is 266 g/mol. The van der Waals surface area contributed by atoms with Crippen LogP contribution < -0.4 is 5.32 Å². The van der Waals surface area contributed by atoms with Crippen molar-refractivity contribution in [3.05, 3.63) is 0 Å². The van der Waals surface area contributed by atoms with Crippen LogP contribution in [-0.2, 0) is 4.74 Å². The number of nitrogens with zero attached hydrogens (tertiary/aromatic N) is 2. The van der Waals surface area contributed by atoms with E-state index in [0.29, 0.717) is 25.6 Å². The van der Waals surface area contributed by atoms with Crippen molar-refractivity contribution in [1.82, 2.24) is 15.1 Å². The molecule has 2 amide bonds. The standard InChI is InChI=1S/C16H31N3O2/c1-12(2)13(3)17-16(20)19-7-8-21-15(11-19)10-18(4)9-14-5-6-14/h12-15H,5-11H2,1-4H3,(H,17,20). The van der Waals surface area contributed by atoms with Crippen LogP contribution in [0.5, 0.6) is 0 Å². The zero-order valence-corrected chi connectivity index (χ0v) is 14.0. The van der Waals surface area contributed by atoms with Crippen LogP contribution in [0.3, 0.4) is 0 Å². The minimum Gasteiger partial charge on any atom is -0.373 e. The number of amides is 2. The molecule has 5 heteroatoms. The fourth-order valence-corrected chi connectivity index (χ4v) is 2.63. The van der Waals surface area contributed by atoms with Crippen molar-refractivity contribution in [1.29, 1.82) is 0 Å². The average molecular weight is 297 g/mol. The zero-order valence-electron chi connectivity index (χ0n) is 14.0. The molecule has 0 aromatic heterocycles. The third-order valence-corrected chi connectivity index (χ3v) is 4.56. The van der Waals surface area contributed by atoms with Crippen LogP contribution in [-0.4, -0.2) is 67.8 Å². The molecule has 0 radical (unpaired) electrons. The van der Waals surface area contributed by atoms with Crippen LogP contribution in [0.15, 0.2) is 0 Å². The fraction of sp³-hybridized carbons (Fsp3) is 0.938. The summed E-state index contributed by atoms with van der Waals surface area (Å²) >= 11 is 0. The second-order valence-electron chi connectivity index (χ2n) is 7.09. The molecule has 0 aromatic carbocycles. The maximum absolute atomic E-state index is 12.3. The van der Waals surface area contributed by atoms with Crippen LogP contribution >= 0.6 is 0 Å². The third-order valence-electron chi connectivity index (χ3n) is 4.56. The van der Waals surface area contributed by atoms with Crippen molar-refractivity contribution in [2.24, 2.45) is 11.8 Å². The molecule has 2 fully saturated rings. The molecule has 122 valence electrons. The first-order chi connectivity index (χ1) is 9.95. The lowest BCUT2D eigenvalue weighted by Gasteiger charge is -2.35. The molecule has 2 unspecified atom stereocenters. The number of urea groups is 1. The smallest absolute Gasteiger partial charge is 0.317 e. The Bertz CT molecular complexity index is 344. The largest absolute Gasteiger partial charge is 0.373 e. The minimum absolute atomic E-state index is 0.0503. The SMILES string of the molecule is CC(C)C(C)NC(=O)N1CCOC(CN(C)CC2CC2)C1. The number of carbonyl (C=O) groups excluding carboxylic acids is 1. The molecule has 1 heterocycles. The molecule has 1 aliphatic heterocycles. The van der Waals surface area contributed by atoms with Gasteiger partial charge in [-0.25, -0.2) is 4.79 Å². The van der Waals surface area contributed by atoms with Crippen molar-refractivity contribution < 1.29 is 9.53 Å². The highest BCUT2D eigenvalue weighted by molar-refractivity contribution is 5.74. The number of nitrogens with one attached hydrogen (secondary N) is 1. The fourth-order valence-electron chi connectivity index (χ4n) is 2.63. The number of hydrogen-bond donors (Lipinski definition) is 1. The first-order valence-corrected chi connectivity index (χ1v) is 8.31. The van der Waals surface area contributed by atoms with Crippen molar-refractivity contribution >= 4 is 6.03 Å². The Kier molecular flexibility index (Phi) is 5.88. The monoisotopic (exact) mass is 297 g/mol. The van der Waals surface area contributed by atoms with Crippen molar-refractivity contribution in [2.45, 2.75) is 45.8 Å². The van der Waals surface area contributed by atoms with E-state index >= 15 is 0 Å². The van der Waals surface area contributed by atoms with Gasteiger partial charge < -0.3 is 19.9 Å². The first kappa shape index (κ1) is 16.6. The van der Waals surface area contributed by atoms with Crippen LogP contribution in [0.1, 0.15) is 33.6 Å². The summed E-state index contributed by atoms with van der Waals surface area (Å²) in [6.07, 6.45) is 2.89. The predicted molar refractivity (Wildman–Crippen MR) is 84.4 cm³/mol. The number of hydrogen-bond acceptors (Lipinski definition) is 3. The summed E-state index contributed by atoms with van der Waals surface area (Å²) in [4.78, 5) is 16.5. The molecule has 5 nitrogen and oxygen atoms in total. The molecule has 1 saturated carbocycles. The van der Waals surface area contributed by atoms with Crippen LogP contribution in [0.25, 0.3) is 0 Å². The van der Waals surface area contributed by atoms with Gasteiger partial charge in [-0.1, -0.05) is 13.8 Å². The molecule has 21 heavy (non-hydrogen) atoms. The second-order valence-corrected chi connectivity index (χ2v) is 7.09. The molecule has 1 aliphatic carbocycles. The van der Waals surface area contributed by atoms with Crippen LogP contribution in [0, 0.1) is 11.8 Å². The summed E-state index contributed by atoms with van der Waals surface area (Å²) in [7, 11) is 2.15. The predicted octanol–water partition coefficient (Wildman–Crippen LogP) is 1.78. The maximum atomic E-state index is 12.3. The Balaban J connectivity index is 1.75. The lowest BCUT2D eigenvalue weighted by Crippen LogP contribution is -2.54. The van der Waals surface area contributed by atoms with Gasteiger partial charge in [-0.15, -0.1) is 0 Å². The molecule has 0 bridgehead atoms. The summed E-state index contributed by atoms with van der Waals surface area (Å²) in [5, 5.41) is 3.08. The van der Waals surface area contributed by atoms with Gasteiger partial charge in [-0.2, -0.15) is 0 Å². The number of carbonyl (C=O) groups is 1. The Hall–Kier alpha value is -0.810. The molecular formula is C16H31N3O2. The topological polar surface area (TPSA) is 44.8 Å². The Morgan fingerprint density at radius 3 is 2.67 bits per heavy atom. The molecule has 1 saturated heterocycles. The third kappa shape index (κ3) is 5.47. The van der Waals surface area contributed by atoms with Gasteiger partial charge in [-0.3, -0.25) is 0 Å². The van der Waals surface area contributed by atoms with E-state index in [4.69, 9.17) is 4.74 Å². The van der Waals surface area contributed by atoms with Gasteiger partial charge in [0, 0.05) is 32.2 Å². The van der Waals surface area contributed by atoms with E-state index in [-0.39, 0.29) is 18.2 Å². The molecule has 2 rings (SSSR count). The number of ether oxygens (including phenoxy) is 1. The van der Waals surface area contributed by atoms with Crippen molar-refractivity contribution in [2.75, 3.05) is 39.8 Å². The van der Waals surface area contributed by atoms with Gasteiger partial charge in [0.1, 0.15) is 0 Å². The highest BCUT2D eigenvalue weighted by atomic mass is 16.5. The molecule has 2 atom stereocenters. The summed E-state index contributed by atoms with van der Waals surface area (Å²) in [5.74, 6) is 1.35.